The van der Waals surface area contributed by atoms with Crippen molar-refractivity contribution in [2.24, 2.45) is 7.05 Å². The molecule has 9 heteroatoms. The minimum absolute atomic E-state index is 0.0351. The second-order valence-corrected chi connectivity index (χ2v) is 6.94. The van der Waals surface area contributed by atoms with Gasteiger partial charge in [0.05, 0.1) is 16.2 Å². The van der Waals surface area contributed by atoms with E-state index in [4.69, 9.17) is 11.6 Å². The Hall–Kier alpha value is -3.26. The first-order chi connectivity index (χ1) is 13.1. The number of phenolic OH excluding ortho intramolecular Hbond substituents is 2. The summed E-state index contributed by atoms with van der Waals surface area (Å²) in [4.78, 5) is 10.4. The molecule has 3 rings (SSSR count). The molecule has 0 aliphatic heterocycles. The fourth-order valence-electron chi connectivity index (χ4n) is 3.26. The molecule has 2 N–H and O–H groups in total. The highest BCUT2D eigenvalue weighted by Gasteiger charge is 2.25. The summed E-state index contributed by atoms with van der Waals surface area (Å²) in [5.41, 5.74) is 3.65. The number of aromatic hydroxyl groups is 2. The lowest BCUT2D eigenvalue weighted by atomic mass is 10.0. The van der Waals surface area contributed by atoms with Gasteiger partial charge in [0.15, 0.2) is 11.4 Å². The molecular weight excluding hydrogens is 386 g/mol. The number of aromatic nitrogens is 2. The summed E-state index contributed by atoms with van der Waals surface area (Å²) in [7, 11) is 1.72. The number of pyridine rings is 1. The second kappa shape index (κ2) is 6.72. The van der Waals surface area contributed by atoms with Crippen molar-refractivity contribution in [2.45, 2.75) is 20.8 Å². The smallest absolute Gasteiger partial charge is 0.315 e. The highest BCUT2D eigenvalue weighted by atomic mass is 35.5. The van der Waals surface area contributed by atoms with Gasteiger partial charge in [-0.2, -0.15) is 4.73 Å². The second-order valence-electron chi connectivity index (χ2n) is 6.58. The van der Waals surface area contributed by atoms with Gasteiger partial charge in [-0.15, -0.1) is 0 Å². The topological polar surface area (TPSA) is 115 Å². The van der Waals surface area contributed by atoms with Crippen LogP contribution in [0.1, 0.15) is 16.8 Å². The summed E-state index contributed by atoms with van der Waals surface area (Å²) < 4.78 is 2.39. The summed E-state index contributed by atoms with van der Waals surface area (Å²) in [6, 6.07) is 5.86. The number of nitrogens with zero attached hydrogens (tertiary/aromatic N) is 3. The molecule has 0 aliphatic carbocycles. The van der Waals surface area contributed by atoms with E-state index in [0.29, 0.717) is 32.9 Å². The predicted molar refractivity (Wildman–Crippen MR) is 104 cm³/mol. The number of nitro benzene ring substituents is 1. The normalized spacial score (nSPS) is 11.0. The van der Waals surface area contributed by atoms with Crippen LogP contribution in [0.2, 0.25) is 5.15 Å². The van der Waals surface area contributed by atoms with E-state index < -0.39 is 22.1 Å². The summed E-state index contributed by atoms with van der Waals surface area (Å²) in [6.07, 6.45) is 0. The van der Waals surface area contributed by atoms with Crippen LogP contribution in [0.4, 0.5) is 5.69 Å². The third kappa shape index (κ3) is 2.82. The maximum Gasteiger partial charge on any atom is 0.315 e. The molecule has 0 saturated carbocycles. The molecule has 3 aromatic rings. The third-order valence-electron chi connectivity index (χ3n) is 5.11. The van der Waals surface area contributed by atoms with Gasteiger partial charge in [-0.1, -0.05) is 0 Å². The van der Waals surface area contributed by atoms with Crippen molar-refractivity contribution >= 4 is 17.3 Å². The monoisotopic (exact) mass is 403 g/mol. The summed E-state index contributed by atoms with van der Waals surface area (Å²) in [6.45, 7) is 5.40. The van der Waals surface area contributed by atoms with Gasteiger partial charge in [0, 0.05) is 36.9 Å². The summed E-state index contributed by atoms with van der Waals surface area (Å²) in [5.74, 6) is -1.38. The summed E-state index contributed by atoms with van der Waals surface area (Å²) >= 11 is 6.33. The number of phenols is 2. The minimum atomic E-state index is -0.788. The molecule has 8 nitrogen and oxygen atoms in total. The van der Waals surface area contributed by atoms with Crippen LogP contribution in [0.3, 0.4) is 0 Å². The molecule has 0 unspecified atom stereocenters. The van der Waals surface area contributed by atoms with Crippen molar-refractivity contribution in [1.82, 2.24) is 4.57 Å². The first-order valence-corrected chi connectivity index (χ1v) is 8.69. The van der Waals surface area contributed by atoms with Gasteiger partial charge in [-0.3, -0.25) is 10.1 Å². The largest absolute Gasteiger partial charge is 0.617 e. The Morgan fingerprint density at radius 3 is 2.32 bits per heavy atom. The lowest BCUT2D eigenvalue weighted by Gasteiger charge is -2.15. The zero-order valence-electron chi connectivity index (χ0n) is 15.6. The molecule has 0 radical (unpaired) electrons. The van der Waals surface area contributed by atoms with Gasteiger partial charge in [0.2, 0.25) is 5.75 Å². The lowest BCUT2D eigenvalue weighted by Crippen LogP contribution is -2.34. The van der Waals surface area contributed by atoms with E-state index in [9.17, 15) is 25.5 Å². The molecule has 0 spiro atoms. The highest BCUT2D eigenvalue weighted by molar-refractivity contribution is 6.31. The first kappa shape index (κ1) is 19.5. The van der Waals surface area contributed by atoms with Crippen LogP contribution in [-0.4, -0.2) is 19.7 Å². The Morgan fingerprint density at radius 2 is 1.71 bits per heavy atom. The number of rotatable bonds is 3. The average Bonchev–Trinajstić information content (AvgIpc) is 3.02. The SMILES string of the molecule is Cc1c(C)c(C)[n+]([O-])c(Cl)c1-c1ccc(-c2cc(O)c(O)c([N+](=O)[O-])c2)n1C. The number of halogens is 1. The fraction of sp³-hybridized carbons (Fsp3) is 0.211. The Kier molecular flexibility index (Phi) is 4.68. The average molecular weight is 404 g/mol. The van der Waals surface area contributed by atoms with E-state index in [-0.39, 0.29) is 5.15 Å². The molecular formula is C19H18ClN3O5. The van der Waals surface area contributed by atoms with Crippen molar-refractivity contribution in [3.05, 3.63) is 61.6 Å². The van der Waals surface area contributed by atoms with Gasteiger partial charge in [0.1, 0.15) is 0 Å². The number of benzene rings is 1. The predicted octanol–water partition coefficient (Wildman–Crippen LogP) is 3.89. The van der Waals surface area contributed by atoms with Gasteiger partial charge in [0.25, 0.3) is 5.15 Å². The maximum atomic E-state index is 12.4. The Morgan fingerprint density at radius 1 is 1.11 bits per heavy atom. The Labute approximate surface area is 165 Å². The highest BCUT2D eigenvalue weighted by Crippen LogP contribution is 2.41. The zero-order valence-corrected chi connectivity index (χ0v) is 16.4. The third-order valence-corrected chi connectivity index (χ3v) is 5.45. The van der Waals surface area contributed by atoms with E-state index in [1.54, 1.807) is 30.7 Å². The van der Waals surface area contributed by atoms with Crippen molar-refractivity contribution < 1.29 is 19.9 Å². The number of hydrogen-bond acceptors (Lipinski definition) is 5. The van der Waals surface area contributed by atoms with E-state index in [0.717, 1.165) is 11.1 Å². The van der Waals surface area contributed by atoms with Gasteiger partial charge in [-0.05, 0) is 49.2 Å². The molecule has 146 valence electrons. The molecule has 2 heterocycles. The first-order valence-electron chi connectivity index (χ1n) is 8.31. The van der Waals surface area contributed by atoms with Crippen LogP contribution >= 0.6 is 11.6 Å². The van der Waals surface area contributed by atoms with E-state index in [1.165, 1.54) is 12.1 Å². The van der Waals surface area contributed by atoms with Crippen molar-refractivity contribution in [1.29, 1.82) is 0 Å². The van der Waals surface area contributed by atoms with Crippen LogP contribution in [-0.2, 0) is 7.05 Å². The number of hydrogen-bond donors (Lipinski definition) is 2. The van der Waals surface area contributed by atoms with Gasteiger partial charge < -0.3 is 20.0 Å². The van der Waals surface area contributed by atoms with E-state index >= 15 is 0 Å². The lowest BCUT2D eigenvalue weighted by molar-refractivity contribution is -0.609. The quantitative estimate of drug-likeness (QED) is 0.172. The van der Waals surface area contributed by atoms with Crippen LogP contribution in [0.25, 0.3) is 22.5 Å². The molecule has 0 fully saturated rings. The maximum absolute atomic E-state index is 12.4. The van der Waals surface area contributed by atoms with Crippen LogP contribution in [0.15, 0.2) is 24.3 Å². The zero-order chi connectivity index (χ0) is 20.9. The molecule has 28 heavy (non-hydrogen) atoms. The van der Waals surface area contributed by atoms with Gasteiger partial charge >= 0.3 is 5.69 Å². The van der Waals surface area contributed by atoms with Crippen LogP contribution in [0.5, 0.6) is 11.5 Å². The van der Waals surface area contributed by atoms with Crippen LogP contribution in [0, 0.1) is 36.1 Å². The van der Waals surface area contributed by atoms with E-state index in [1.807, 2.05) is 13.8 Å². The van der Waals surface area contributed by atoms with Gasteiger partial charge in [-0.25, -0.2) is 0 Å². The van der Waals surface area contributed by atoms with Crippen molar-refractivity contribution in [3.8, 4) is 34.0 Å². The van der Waals surface area contributed by atoms with E-state index in [2.05, 4.69) is 0 Å². The minimum Gasteiger partial charge on any atom is -0.617 e. The Balaban J connectivity index is 2.25. The molecule has 2 aromatic heterocycles. The molecule has 1 aromatic carbocycles. The summed E-state index contributed by atoms with van der Waals surface area (Å²) in [5, 5.41) is 43.1. The van der Waals surface area contributed by atoms with Crippen molar-refractivity contribution in [2.75, 3.05) is 0 Å². The molecule has 0 atom stereocenters. The fourth-order valence-corrected chi connectivity index (χ4v) is 3.62. The molecule has 0 saturated heterocycles. The standard InChI is InChI=1S/C19H18ClN3O5/c1-9-10(2)17(19(20)22(26)11(9)3)14-6-5-13(21(14)4)12-7-15(23(27)28)18(25)16(24)8-12/h5-8,24-25H,1-4H3. The van der Waals surface area contributed by atoms with Crippen molar-refractivity contribution in [3.63, 3.8) is 0 Å². The molecule has 0 bridgehead atoms. The number of nitro groups is 1. The molecule has 0 amide bonds. The Bertz CT molecular complexity index is 1110. The molecule has 0 aliphatic rings. The van der Waals surface area contributed by atoms with Crippen LogP contribution < -0.4 is 4.73 Å².